The summed E-state index contributed by atoms with van der Waals surface area (Å²) >= 11 is 8.65. The van der Waals surface area contributed by atoms with Crippen molar-refractivity contribution in [2.45, 2.75) is 0 Å². The number of pyridine rings is 1. The molecule has 2 amide bonds. The predicted octanol–water partition coefficient (Wildman–Crippen LogP) is 3.14. The molecule has 0 atom stereocenters. The van der Waals surface area contributed by atoms with E-state index in [4.69, 9.17) is 16.7 Å². The van der Waals surface area contributed by atoms with E-state index in [1.165, 1.54) is 12.1 Å². The number of carbonyl (C=O) groups excluding carboxylic acids is 2. The Morgan fingerprint density at radius 2 is 1.74 bits per heavy atom. The third kappa shape index (κ3) is 2.22. The van der Waals surface area contributed by atoms with Crippen LogP contribution in [0.4, 0.5) is 10.1 Å². The topological polar surface area (TPSA) is 87.6 Å². The van der Waals surface area contributed by atoms with Crippen molar-refractivity contribution in [3.8, 4) is 0 Å². The first kappa shape index (κ1) is 15.6. The van der Waals surface area contributed by atoms with Crippen LogP contribution >= 0.6 is 27.5 Å². The lowest BCUT2D eigenvalue weighted by atomic mass is 10.1. The molecule has 2 heterocycles. The molecule has 1 aliphatic heterocycles. The van der Waals surface area contributed by atoms with Crippen LogP contribution < -0.4 is 4.90 Å². The molecule has 9 heteroatoms. The molecule has 1 aromatic heterocycles. The van der Waals surface area contributed by atoms with Gasteiger partial charge in [-0.15, -0.1) is 0 Å². The number of fused-ring (bicyclic) bond motifs is 1. The lowest BCUT2D eigenvalue weighted by molar-refractivity contribution is 0.0689. The number of rotatable bonds is 2. The van der Waals surface area contributed by atoms with Crippen LogP contribution in [0, 0.1) is 5.82 Å². The van der Waals surface area contributed by atoms with Crippen molar-refractivity contribution in [3.63, 3.8) is 0 Å². The fourth-order valence-electron chi connectivity index (χ4n) is 2.23. The van der Waals surface area contributed by atoms with Crippen LogP contribution in [-0.2, 0) is 0 Å². The second kappa shape index (κ2) is 5.39. The van der Waals surface area contributed by atoms with Gasteiger partial charge in [-0.25, -0.2) is 19.1 Å². The highest BCUT2D eigenvalue weighted by Crippen LogP contribution is 2.38. The van der Waals surface area contributed by atoms with Crippen LogP contribution in [0.3, 0.4) is 0 Å². The number of aromatic nitrogens is 1. The summed E-state index contributed by atoms with van der Waals surface area (Å²) in [7, 11) is 0. The van der Waals surface area contributed by atoms with Crippen LogP contribution in [0.2, 0.25) is 5.02 Å². The average Bonchev–Trinajstić information content (AvgIpc) is 2.76. The standard InChI is InChI=1S/C14H5BrClFN2O4/c15-11-8(17)10(7(16)9(18-11)14(22)23)19-12(20)5-3-1-2-4-6(5)13(19)21/h1-4H,(H,22,23). The number of carboxylic acids is 1. The zero-order chi connectivity index (χ0) is 16.9. The molecule has 23 heavy (non-hydrogen) atoms. The molecule has 0 saturated carbocycles. The van der Waals surface area contributed by atoms with Gasteiger partial charge in [0.05, 0.1) is 11.1 Å². The zero-order valence-electron chi connectivity index (χ0n) is 11.0. The van der Waals surface area contributed by atoms with Gasteiger partial charge in [0.15, 0.2) is 11.5 Å². The maximum absolute atomic E-state index is 14.4. The van der Waals surface area contributed by atoms with Crippen LogP contribution in [0.25, 0.3) is 0 Å². The number of imide groups is 1. The van der Waals surface area contributed by atoms with Gasteiger partial charge in [-0.3, -0.25) is 9.59 Å². The van der Waals surface area contributed by atoms with Gasteiger partial charge in [0.2, 0.25) is 0 Å². The quantitative estimate of drug-likeness (QED) is 0.619. The fraction of sp³-hybridized carbons (Fsp3) is 0. The third-order valence-corrected chi connectivity index (χ3v) is 4.12. The molecule has 0 spiro atoms. The number of hydrogen-bond donors (Lipinski definition) is 1. The van der Waals surface area contributed by atoms with Crippen LogP contribution in [0.1, 0.15) is 31.2 Å². The predicted molar refractivity (Wildman–Crippen MR) is 81.4 cm³/mol. The molecular formula is C14H5BrClFN2O4. The highest BCUT2D eigenvalue weighted by atomic mass is 79.9. The lowest BCUT2D eigenvalue weighted by Crippen LogP contribution is -2.31. The summed E-state index contributed by atoms with van der Waals surface area (Å²) in [5.74, 6) is -4.20. The SMILES string of the molecule is O=C(O)c1nc(Br)c(F)c(N2C(=O)c3ccccc3C2=O)c1Cl. The van der Waals surface area contributed by atoms with Gasteiger partial charge >= 0.3 is 5.97 Å². The van der Waals surface area contributed by atoms with Gasteiger partial charge in [0.1, 0.15) is 15.3 Å². The van der Waals surface area contributed by atoms with Crippen molar-refractivity contribution in [3.05, 3.63) is 56.5 Å². The smallest absolute Gasteiger partial charge is 0.356 e. The molecular weight excluding hydrogens is 395 g/mol. The molecule has 1 aliphatic rings. The molecule has 0 radical (unpaired) electrons. The van der Waals surface area contributed by atoms with Crippen molar-refractivity contribution in [2.75, 3.05) is 4.90 Å². The van der Waals surface area contributed by atoms with E-state index >= 15 is 0 Å². The number of benzene rings is 1. The molecule has 116 valence electrons. The van der Waals surface area contributed by atoms with E-state index in [1.54, 1.807) is 12.1 Å². The molecule has 6 nitrogen and oxygen atoms in total. The summed E-state index contributed by atoms with van der Waals surface area (Å²) in [4.78, 5) is 39.9. The minimum Gasteiger partial charge on any atom is -0.476 e. The molecule has 0 aliphatic carbocycles. The molecule has 1 N–H and O–H groups in total. The summed E-state index contributed by atoms with van der Waals surface area (Å²) in [6.07, 6.45) is 0. The average molecular weight is 400 g/mol. The normalized spacial score (nSPS) is 13.4. The largest absolute Gasteiger partial charge is 0.476 e. The second-order valence-corrected chi connectivity index (χ2v) is 5.65. The Bertz CT molecular complexity index is 868. The summed E-state index contributed by atoms with van der Waals surface area (Å²) in [6.45, 7) is 0. The minimum absolute atomic E-state index is 0.0813. The Morgan fingerprint density at radius 3 is 2.22 bits per heavy atom. The number of carboxylic acid groups (broad SMARTS) is 1. The summed E-state index contributed by atoms with van der Waals surface area (Å²) < 4.78 is 13.9. The number of aromatic carboxylic acids is 1. The summed E-state index contributed by atoms with van der Waals surface area (Å²) in [5, 5.41) is 8.44. The molecule has 3 rings (SSSR count). The van der Waals surface area contributed by atoms with Crippen molar-refractivity contribution >= 4 is 51.0 Å². The molecule has 0 saturated heterocycles. The first-order valence-electron chi connectivity index (χ1n) is 6.10. The Balaban J connectivity index is 2.27. The Kier molecular flexibility index (Phi) is 3.65. The first-order chi connectivity index (χ1) is 10.8. The van der Waals surface area contributed by atoms with E-state index in [9.17, 15) is 18.8 Å². The van der Waals surface area contributed by atoms with Crippen LogP contribution in [0.5, 0.6) is 0 Å². The summed E-state index contributed by atoms with van der Waals surface area (Å²) in [5.41, 5.74) is -1.15. The number of hydrogen-bond acceptors (Lipinski definition) is 4. The highest BCUT2D eigenvalue weighted by molar-refractivity contribution is 9.10. The molecule has 0 bridgehead atoms. The van der Waals surface area contributed by atoms with Gasteiger partial charge in [-0.1, -0.05) is 23.7 Å². The van der Waals surface area contributed by atoms with Crippen molar-refractivity contribution < 1.29 is 23.9 Å². The minimum atomic E-state index is -1.52. The highest BCUT2D eigenvalue weighted by Gasteiger charge is 2.40. The van der Waals surface area contributed by atoms with E-state index in [0.717, 1.165) is 0 Å². The van der Waals surface area contributed by atoms with Crippen molar-refractivity contribution in [1.82, 2.24) is 4.98 Å². The number of amides is 2. The van der Waals surface area contributed by atoms with E-state index < -0.39 is 44.6 Å². The third-order valence-electron chi connectivity index (χ3n) is 3.24. The van der Waals surface area contributed by atoms with Crippen molar-refractivity contribution in [1.29, 1.82) is 0 Å². The molecule has 0 unspecified atom stereocenters. The van der Waals surface area contributed by atoms with E-state index in [0.29, 0.717) is 4.90 Å². The van der Waals surface area contributed by atoms with E-state index in [-0.39, 0.29) is 11.1 Å². The van der Waals surface area contributed by atoms with Crippen LogP contribution in [0.15, 0.2) is 28.9 Å². The van der Waals surface area contributed by atoms with E-state index in [2.05, 4.69) is 20.9 Å². The van der Waals surface area contributed by atoms with E-state index in [1.807, 2.05) is 0 Å². The number of anilines is 1. The van der Waals surface area contributed by atoms with Crippen molar-refractivity contribution in [2.24, 2.45) is 0 Å². The van der Waals surface area contributed by atoms with Gasteiger partial charge in [0.25, 0.3) is 11.8 Å². The summed E-state index contributed by atoms with van der Waals surface area (Å²) in [6, 6.07) is 5.93. The molecule has 2 aromatic rings. The maximum Gasteiger partial charge on any atom is 0.356 e. The van der Waals surface area contributed by atoms with Gasteiger partial charge in [0, 0.05) is 0 Å². The monoisotopic (exact) mass is 398 g/mol. The Hall–Kier alpha value is -2.32. The lowest BCUT2D eigenvalue weighted by Gasteiger charge is -2.17. The fourth-order valence-corrected chi connectivity index (χ4v) is 2.89. The van der Waals surface area contributed by atoms with Crippen LogP contribution in [-0.4, -0.2) is 27.9 Å². The number of nitrogens with zero attached hydrogens (tertiary/aromatic N) is 2. The first-order valence-corrected chi connectivity index (χ1v) is 7.27. The van der Waals surface area contributed by atoms with Gasteiger partial charge in [-0.2, -0.15) is 0 Å². The number of carbonyl (C=O) groups is 3. The maximum atomic E-state index is 14.4. The number of halogens is 3. The second-order valence-electron chi connectivity index (χ2n) is 4.52. The molecule has 1 aromatic carbocycles. The molecule has 0 fully saturated rings. The Morgan fingerprint density at radius 1 is 1.22 bits per heavy atom. The zero-order valence-corrected chi connectivity index (χ0v) is 13.4. The van der Waals surface area contributed by atoms with Gasteiger partial charge in [-0.05, 0) is 28.1 Å². The Labute approximate surface area is 141 Å². The van der Waals surface area contributed by atoms with Gasteiger partial charge < -0.3 is 5.11 Å².